The minimum Gasteiger partial charge on any atom is -0.452 e. The molecule has 1 aromatic rings. The van der Waals surface area contributed by atoms with Crippen molar-refractivity contribution in [1.29, 1.82) is 0 Å². The molecule has 26 heavy (non-hydrogen) atoms. The standard InChI is InChI=1S/C19H23F2NO4/c20-19(21)26-16-9-6-14(7-10-16)8-11-18(24)25-13-17(23)22-12-15-4-2-1-3-5-15/h6-11,15,19H,1-5,12-13H2,(H,22,23)/b11-8+. The monoisotopic (exact) mass is 367 g/mol. The lowest BCUT2D eigenvalue weighted by Crippen LogP contribution is -2.33. The van der Waals surface area contributed by atoms with Gasteiger partial charge in [-0.2, -0.15) is 8.78 Å². The molecule has 1 fully saturated rings. The molecule has 1 N–H and O–H groups in total. The predicted octanol–water partition coefficient (Wildman–Crippen LogP) is 3.54. The maximum Gasteiger partial charge on any atom is 0.387 e. The Morgan fingerprint density at radius 1 is 1.15 bits per heavy atom. The third kappa shape index (κ3) is 7.63. The van der Waals surface area contributed by atoms with Crippen LogP contribution in [0.3, 0.4) is 0 Å². The van der Waals surface area contributed by atoms with Crippen molar-refractivity contribution in [1.82, 2.24) is 5.32 Å². The number of carbonyl (C=O) groups excluding carboxylic acids is 2. The maximum absolute atomic E-state index is 12.1. The van der Waals surface area contributed by atoms with Gasteiger partial charge in [-0.1, -0.05) is 31.4 Å². The van der Waals surface area contributed by atoms with Crippen LogP contribution in [0.2, 0.25) is 0 Å². The van der Waals surface area contributed by atoms with E-state index in [-0.39, 0.29) is 18.3 Å². The summed E-state index contributed by atoms with van der Waals surface area (Å²) < 4.78 is 33.2. The van der Waals surface area contributed by atoms with Crippen LogP contribution < -0.4 is 10.1 Å². The fourth-order valence-corrected chi connectivity index (χ4v) is 2.81. The molecular formula is C19H23F2NO4. The molecule has 0 atom stereocenters. The number of halogens is 2. The first-order valence-corrected chi connectivity index (χ1v) is 8.69. The van der Waals surface area contributed by atoms with Gasteiger partial charge in [-0.05, 0) is 42.5 Å². The van der Waals surface area contributed by atoms with Crippen LogP contribution in [0, 0.1) is 5.92 Å². The van der Waals surface area contributed by atoms with E-state index in [0.29, 0.717) is 18.0 Å². The number of esters is 1. The normalized spacial score (nSPS) is 15.2. The van der Waals surface area contributed by atoms with E-state index in [2.05, 4.69) is 10.1 Å². The minimum atomic E-state index is -2.88. The molecule has 2 rings (SSSR count). The van der Waals surface area contributed by atoms with Gasteiger partial charge in [-0.3, -0.25) is 4.79 Å². The topological polar surface area (TPSA) is 64.6 Å². The Kier molecular flexibility index (Phi) is 8.05. The van der Waals surface area contributed by atoms with Crippen LogP contribution in [0.5, 0.6) is 5.75 Å². The number of benzene rings is 1. The summed E-state index contributed by atoms with van der Waals surface area (Å²) in [6.45, 7) is -2.58. The van der Waals surface area contributed by atoms with E-state index in [9.17, 15) is 18.4 Å². The van der Waals surface area contributed by atoms with Crippen molar-refractivity contribution in [2.24, 2.45) is 5.92 Å². The van der Waals surface area contributed by atoms with Gasteiger partial charge in [0.1, 0.15) is 5.75 Å². The van der Waals surface area contributed by atoms with E-state index in [1.165, 1.54) is 55.7 Å². The average Bonchev–Trinajstić information content (AvgIpc) is 2.64. The van der Waals surface area contributed by atoms with Crippen molar-refractivity contribution in [3.05, 3.63) is 35.9 Å². The lowest BCUT2D eigenvalue weighted by atomic mass is 9.89. The average molecular weight is 367 g/mol. The van der Waals surface area contributed by atoms with E-state index in [1.807, 2.05) is 0 Å². The molecule has 1 aliphatic rings. The third-order valence-electron chi connectivity index (χ3n) is 4.18. The quantitative estimate of drug-likeness (QED) is 0.564. The van der Waals surface area contributed by atoms with Crippen LogP contribution >= 0.6 is 0 Å². The SMILES string of the molecule is O=C(COC(=O)/C=C/c1ccc(OC(F)F)cc1)NCC1CCCCC1. The molecule has 1 saturated carbocycles. The van der Waals surface area contributed by atoms with E-state index in [0.717, 1.165) is 12.8 Å². The second-order valence-corrected chi connectivity index (χ2v) is 6.20. The first-order chi connectivity index (χ1) is 12.5. The molecule has 7 heteroatoms. The molecule has 1 aliphatic carbocycles. The lowest BCUT2D eigenvalue weighted by molar-refractivity contribution is -0.143. The highest BCUT2D eigenvalue weighted by molar-refractivity contribution is 5.89. The maximum atomic E-state index is 12.1. The van der Waals surface area contributed by atoms with Crippen LogP contribution in [-0.2, 0) is 14.3 Å². The second kappa shape index (κ2) is 10.5. The zero-order valence-electron chi connectivity index (χ0n) is 14.5. The van der Waals surface area contributed by atoms with Crippen LogP contribution in [0.4, 0.5) is 8.78 Å². The number of alkyl halides is 2. The molecule has 1 amide bonds. The zero-order valence-corrected chi connectivity index (χ0v) is 14.5. The molecule has 0 radical (unpaired) electrons. The summed E-state index contributed by atoms with van der Waals surface area (Å²) in [6.07, 6.45) is 8.57. The highest BCUT2D eigenvalue weighted by Crippen LogP contribution is 2.22. The molecule has 142 valence electrons. The fourth-order valence-electron chi connectivity index (χ4n) is 2.81. The Labute approximate surface area is 151 Å². The van der Waals surface area contributed by atoms with Crippen molar-refractivity contribution < 1.29 is 27.8 Å². The Bertz CT molecular complexity index is 610. The first kappa shape index (κ1) is 19.9. The van der Waals surface area contributed by atoms with Gasteiger partial charge in [0.2, 0.25) is 0 Å². The van der Waals surface area contributed by atoms with Gasteiger partial charge in [0, 0.05) is 12.6 Å². The molecule has 0 heterocycles. The predicted molar refractivity (Wildman–Crippen MR) is 92.7 cm³/mol. The molecule has 0 unspecified atom stereocenters. The van der Waals surface area contributed by atoms with Gasteiger partial charge >= 0.3 is 12.6 Å². The number of hydrogen-bond donors (Lipinski definition) is 1. The molecule has 0 spiro atoms. The van der Waals surface area contributed by atoms with Gasteiger partial charge in [0.05, 0.1) is 0 Å². The zero-order chi connectivity index (χ0) is 18.8. The smallest absolute Gasteiger partial charge is 0.387 e. The molecule has 0 aliphatic heterocycles. The molecule has 1 aromatic carbocycles. The number of nitrogens with one attached hydrogen (secondary N) is 1. The Hall–Kier alpha value is -2.44. The summed E-state index contributed by atoms with van der Waals surface area (Å²) in [5, 5.41) is 2.79. The Balaban J connectivity index is 1.67. The Morgan fingerprint density at radius 3 is 2.50 bits per heavy atom. The van der Waals surface area contributed by atoms with E-state index >= 15 is 0 Å². The summed E-state index contributed by atoms with van der Waals surface area (Å²) in [5.41, 5.74) is 0.616. The van der Waals surface area contributed by atoms with Gasteiger partial charge in [-0.15, -0.1) is 0 Å². The molecular weight excluding hydrogens is 344 g/mol. The third-order valence-corrected chi connectivity index (χ3v) is 4.18. The molecule has 0 bridgehead atoms. The minimum absolute atomic E-state index is 0.0364. The first-order valence-electron chi connectivity index (χ1n) is 8.69. The van der Waals surface area contributed by atoms with Crippen LogP contribution in [0.1, 0.15) is 37.7 Å². The Morgan fingerprint density at radius 2 is 1.85 bits per heavy atom. The van der Waals surface area contributed by atoms with Crippen LogP contribution in [0.25, 0.3) is 6.08 Å². The second-order valence-electron chi connectivity index (χ2n) is 6.20. The van der Waals surface area contributed by atoms with E-state index < -0.39 is 12.6 Å². The number of ether oxygens (including phenoxy) is 2. The number of rotatable bonds is 8. The summed E-state index contributed by atoms with van der Waals surface area (Å²) in [5.74, 6) is -0.411. The van der Waals surface area contributed by atoms with Gasteiger partial charge in [0.25, 0.3) is 5.91 Å². The highest BCUT2D eigenvalue weighted by Gasteiger charge is 2.14. The highest BCUT2D eigenvalue weighted by atomic mass is 19.3. The van der Waals surface area contributed by atoms with Crippen molar-refractivity contribution in [2.45, 2.75) is 38.7 Å². The fraction of sp³-hybridized carbons (Fsp3) is 0.474. The van der Waals surface area contributed by atoms with Gasteiger partial charge in [-0.25, -0.2) is 4.79 Å². The molecule has 0 saturated heterocycles. The lowest BCUT2D eigenvalue weighted by Gasteiger charge is -2.21. The largest absolute Gasteiger partial charge is 0.452 e. The number of hydrogen-bond acceptors (Lipinski definition) is 4. The number of carbonyl (C=O) groups is 2. The van der Waals surface area contributed by atoms with Crippen LogP contribution in [0.15, 0.2) is 30.3 Å². The summed E-state index contributed by atoms with van der Waals surface area (Å²) in [4.78, 5) is 23.3. The van der Waals surface area contributed by atoms with Crippen molar-refractivity contribution in [2.75, 3.05) is 13.2 Å². The van der Waals surface area contributed by atoms with Crippen molar-refractivity contribution in [3.8, 4) is 5.75 Å². The number of amides is 1. The van der Waals surface area contributed by atoms with Crippen molar-refractivity contribution in [3.63, 3.8) is 0 Å². The van der Waals surface area contributed by atoms with E-state index in [1.54, 1.807) is 0 Å². The van der Waals surface area contributed by atoms with Crippen molar-refractivity contribution >= 4 is 18.0 Å². The van der Waals surface area contributed by atoms with Gasteiger partial charge in [0.15, 0.2) is 6.61 Å². The van der Waals surface area contributed by atoms with Crippen LogP contribution in [-0.4, -0.2) is 31.6 Å². The van der Waals surface area contributed by atoms with E-state index in [4.69, 9.17) is 4.74 Å². The molecule has 0 aromatic heterocycles. The summed E-state index contributed by atoms with van der Waals surface area (Å²) >= 11 is 0. The van der Waals surface area contributed by atoms with Gasteiger partial charge < -0.3 is 14.8 Å². The summed E-state index contributed by atoms with van der Waals surface area (Å²) in [6, 6.07) is 5.79. The molecule has 5 nitrogen and oxygen atoms in total. The summed E-state index contributed by atoms with van der Waals surface area (Å²) in [7, 11) is 0.